The molecule has 0 aromatic heterocycles. The normalized spacial score (nSPS) is 9.38. The van der Waals surface area contributed by atoms with Gasteiger partial charge in [0, 0.05) is 5.57 Å². The Labute approximate surface area is 95.8 Å². The Morgan fingerprint density at radius 1 is 1.25 bits per heavy atom. The van der Waals surface area contributed by atoms with Gasteiger partial charge < -0.3 is 14.8 Å². The van der Waals surface area contributed by atoms with E-state index in [-0.39, 0.29) is 13.2 Å². The second kappa shape index (κ2) is 8.76. The van der Waals surface area contributed by atoms with Gasteiger partial charge in [0.1, 0.15) is 6.61 Å². The molecule has 0 saturated heterocycles. The monoisotopic (exact) mass is 229 g/mol. The molecule has 0 aromatic carbocycles. The van der Waals surface area contributed by atoms with Crippen LogP contribution in [0.3, 0.4) is 0 Å². The Hall–Kier alpha value is -1.52. The molecule has 0 atom stereocenters. The molecule has 0 aliphatic rings. The van der Waals surface area contributed by atoms with E-state index in [9.17, 15) is 9.59 Å². The molecule has 5 nitrogen and oxygen atoms in total. The number of rotatable bonds is 7. The van der Waals surface area contributed by atoms with Crippen molar-refractivity contribution in [3.8, 4) is 0 Å². The molecule has 0 heterocycles. The first-order valence-corrected chi connectivity index (χ1v) is 5.31. The lowest BCUT2D eigenvalue weighted by Gasteiger charge is -2.07. The Morgan fingerprint density at radius 2 is 1.94 bits per heavy atom. The summed E-state index contributed by atoms with van der Waals surface area (Å²) in [4.78, 5) is 21.9. The minimum absolute atomic E-state index is 0.120. The van der Waals surface area contributed by atoms with Crippen LogP contribution in [0.5, 0.6) is 0 Å². The molecule has 0 radical (unpaired) electrons. The molecule has 0 aliphatic carbocycles. The predicted molar refractivity (Wildman–Crippen MR) is 60.0 cm³/mol. The van der Waals surface area contributed by atoms with Crippen molar-refractivity contribution in [3.05, 3.63) is 12.2 Å². The van der Waals surface area contributed by atoms with Crippen LogP contribution in [0.2, 0.25) is 0 Å². The summed E-state index contributed by atoms with van der Waals surface area (Å²) in [7, 11) is 0. The topological polar surface area (TPSA) is 64.6 Å². The highest BCUT2D eigenvalue weighted by molar-refractivity contribution is 5.86. The summed E-state index contributed by atoms with van der Waals surface area (Å²) in [6.45, 7) is 7.78. The van der Waals surface area contributed by atoms with Crippen molar-refractivity contribution in [3.63, 3.8) is 0 Å². The summed E-state index contributed by atoms with van der Waals surface area (Å²) in [5.74, 6) is -0.457. The van der Waals surface area contributed by atoms with Crippen LogP contribution in [0.15, 0.2) is 12.2 Å². The fourth-order valence-electron chi connectivity index (χ4n) is 0.780. The molecule has 0 spiro atoms. The predicted octanol–water partition coefficient (Wildman–Crippen LogP) is 1.63. The van der Waals surface area contributed by atoms with Gasteiger partial charge in [-0.05, 0) is 13.3 Å². The summed E-state index contributed by atoms with van der Waals surface area (Å²) in [5.41, 5.74) is 0.338. The lowest BCUT2D eigenvalue weighted by molar-refractivity contribution is -0.138. The van der Waals surface area contributed by atoms with Crippen LogP contribution in [0.25, 0.3) is 0 Å². The van der Waals surface area contributed by atoms with Gasteiger partial charge in [-0.3, -0.25) is 0 Å². The van der Waals surface area contributed by atoms with Gasteiger partial charge in [0.2, 0.25) is 0 Å². The summed E-state index contributed by atoms with van der Waals surface area (Å²) in [5, 5.41) is 2.47. The van der Waals surface area contributed by atoms with Crippen molar-refractivity contribution >= 4 is 12.1 Å². The van der Waals surface area contributed by atoms with E-state index in [0.29, 0.717) is 12.2 Å². The molecular weight excluding hydrogens is 210 g/mol. The first kappa shape index (κ1) is 14.5. The Morgan fingerprint density at radius 3 is 2.50 bits per heavy atom. The highest BCUT2D eigenvalue weighted by Gasteiger charge is 2.04. The standard InChI is InChI=1S/C11H19NO4/c1-4-5-7-16-11(14)12-6-8-15-10(13)9(2)3/h2,4-8H2,1,3H3,(H,12,14). The Bertz CT molecular complexity index is 250. The van der Waals surface area contributed by atoms with Crippen LogP contribution in [-0.2, 0) is 14.3 Å². The summed E-state index contributed by atoms with van der Waals surface area (Å²) in [6.07, 6.45) is 1.33. The first-order chi connectivity index (χ1) is 7.57. The zero-order valence-corrected chi connectivity index (χ0v) is 9.88. The third-order valence-electron chi connectivity index (χ3n) is 1.68. The maximum atomic E-state index is 11.0. The van der Waals surface area contributed by atoms with Gasteiger partial charge in [-0.2, -0.15) is 0 Å². The maximum Gasteiger partial charge on any atom is 0.407 e. The number of hydrogen-bond donors (Lipinski definition) is 1. The van der Waals surface area contributed by atoms with Gasteiger partial charge in [-0.15, -0.1) is 0 Å². The molecule has 0 saturated carbocycles. The quantitative estimate of drug-likeness (QED) is 0.409. The number of alkyl carbamates (subject to hydrolysis) is 1. The van der Waals surface area contributed by atoms with Gasteiger partial charge in [0.15, 0.2) is 0 Å². The second-order valence-electron chi connectivity index (χ2n) is 3.33. The molecule has 0 rings (SSSR count). The van der Waals surface area contributed by atoms with Crippen LogP contribution in [0, 0.1) is 0 Å². The number of unbranched alkanes of at least 4 members (excludes halogenated alkanes) is 1. The van der Waals surface area contributed by atoms with Crippen molar-refractivity contribution in [1.29, 1.82) is 0 Å². The van der Waals surface area contributed by atoms with E-state index in [0.717, 1.165) is 12.8 Å². The molecule has 1 amide bonds. The number of nitrogens with one attached hydrogen (secondary N) is 1. The summed E-state index contributed by atoms with van der Waals surface area (Å²) < 4.78 is 9.60. The Balaban J connectivity index is 3.41. The van der Waals surface area contributed by atoms with Crippen LogP contribution in [-0.4, -0.2) is 31.8 Å². The average molecular weight is 229 g/mol. The molecule has 0 aromatic rings. The molecule has 1 N–H and O–H groups in total. The fourth-order valence-corrected chi connectivity index (χ4v) is 0.780. The summed E-state index contributed by atoms with van der Waals surface area (Å²) in [6, 6.07) is 0. The van der Waals surface area contributed by atoms with Crippen molar-refractivity contribution in [2.45, 2.75) is 26.7 Å². The molecule has 0 fully saturated rings. The van der Waals surface area contributed by atoms with Gasteiger partial charge >= 0.3 is 12.1 Å². The molecule has 0 bridgehead atoms. The van der Waals surface area contributed by atoms with Crippen LogP contribution in [0.4, 0.5) is 4.79 Å². The number of esters is 1. The first-order valence-electron chi connectivity index (χ1n) is 5.31. The second-order valence-corrected chi connectivity index (χ2v) is 3.33. The van der Waals surface area contributed by atoms with Gasteiger partial charge in [-0.25, -0.2) is 9.59 Å². The van der Waals surface area contributed by atoms with Crippen molar-refractivity contribution in [1.82, 2.24) is 5.32 Å². The minimum atomic E-state index is -0.486. The smallest absolute Gasteiger partial charge is 0.407 e. The van der Waals surface area contributed by atoms with Crippen LogP contribution < -0.4 is 5.32 Å². The van der Waals surface area contributed by atoms with E-state index in [4.69, 9.17) is 9.47 Å². The van der Waals surface area contributed by atoms with Gasteiger partial charge in [0.25, 0.3) is 0 Å². The number of amides is 1. The highest BCUT2D eigenvalue weighted by atomic mass is 16.6. The van der Waals surface area contributed by atoms with Crippen LogP contribution >= 0.6 is 0 Å². The van der Waals surface area contributed by atoms with E-state index in [1.54, 1.807) is 6.92 Å². The average Bonchev–Trinajstić information content (AvgIpc) is 2.24. The number of carbonyl (C=O) groups excluding carboxylic acids is 2. The maximum absolute atomic E-state index is 11.0. The van der Waals surface area contributed by atoms with E-state index in [1.165, 1.54) is 0 Å². The SMILES string of the molecule is C=C(C)C(=O)OCCNC(=O)OCCCC. The molecule has 0 unspecified atom stereocenters. The third-order valence-corrected chi connectivity index (χ3v) is 1.68. The van der Waals surface area contributed by atoms with Crippen LogP contribution in [0.1, 0.15) is 26.7 Å². The highest BCUT2D eigenvalue weighted by Crippen LogP contribution is 1.91. The fraction of sp³-hybridized carbons (Fsp3) is 0.636. The molecule has 92 valence electrons. The number of ether oxygens (including phenoxy) is 2. The van der Waals surface area contributed by atoms with E-state index >= 15 is 0 Å². The largest absolute Gasteiger partial charge is 0.460 e. The van der Waals surface area contributed by atoms with Crippen molar-refractivity contribution in [2.75, 3.05) is 19.8 Å². The molecular formula is C11H19NO4. The lowest BCUT2D eigenvalue weighted by Crippen LogP contribution is -2.29. The number of hydrogen-bond acceptors (Lipinski definition) is 4. The third kappa shape index (κ3) is 7.84. The molecule has 0 aliphatic heterocycles. The summed E-state index contributed by atoms with van der Waals surface area (Å²) >= 11 is 0. The molecule has 16 heavy (non-hydrogen) atoms. The van der Waals surface area contributed by atoms with E-state index in [1.807, 2.05) is 6.92 Å². The number of carbonyl (C=O) groups is 2. The zero-order valence-electron chi connectivity index (χ0n) is 9.88. The van der Waals surface area contributed by atoms with Crippen molar-refractivity contribution < 1.29 is 19.1 Å². The minimum Gasteiger partial charge on any atom is -0.460 e. The molecule has 5 heteroatoms. The Kier molecular flexibility index (Phi) is 7.93. The van der Waals surface area contributed by atoms with E-state index in [2.05, 4.69) is 11.9 Å². The van der Waals surface area contributed by atoms with Crippen molar-refractivity contribution in [2.24, 2.45) is 0 Å². The van der Waals surface area contributed by atoms with Gasteiger partial charge in [0.05, 0.1) is 13.2 Å². The van der Waals surface area contributed by atoms with E-state index < -0.39 is 12.1 Å². The lowest BCUT2D eigenvalue weighted by atomic mass is 10.4. The van der Waals surface area contributed by atoms with Gasteiger partial charge in [-0.1, -0.05) is 19.9 Å². The zero-order chi connectivity index (χ0) is 12.4.